The van der Waals surface area contributed by atoms with Crippen molar-refractivity contribution < 1.29 is 4.39 Å². The number of alkyl halides is 1. The Morgan fingerprint density at radius 1 is 1.24 bits per heavy atom. The van der Waals surface area contributed by atoms with E-state index in [1.54, 1.807) is 6.07 Å². The van der Waals surface area contributed by atoms with E-state index in [0.717, 1.165) is 24.2 Å². The van der Waals surface area contributed by atoms with Crippen LogP contribution >= 0.6 is 23.2 Å². The van der Waals surface area contributed by atoms with Crippen LogP contribution < -0.4 is 0 Å². The van der Waals surface area contributed by atoms with Crippen molar-refractivity contribution in [3.8, 4) is 0 Å². The third-order valence-electron chi connectivity index (χ3n) is 4.30. The Bertz CT molecular complexity index is 643. The van der Waals surface area contributed by atoms with Crippen LogP contribution in [0.4, 0.5) is 4.39 Å². The van der Waals surface area contributed by atoms with Gasteiger partial charge in [0, 0.05) is 12.1 Å². The van der Waals surface area contributed by atoms with E-state index in [9.17, 15) is 4.39 Å². The predicted octanol–water partition coefficient (Wildman–Crippen LogP) is 6.02. The van der Waals surface area contributed by atoms with Gasteiger partial charge in [0.2, 0.25) is 0 Å². The molecule has 2 nitrogen and oxygen atoms in total. The molecule has 1 aromatic carbocycles. The van der Waals surface area contributed by atoms with Crippen molar-refractivity contribution in [2.45, 2.75) is 56.9 Å². The van der Waals surface area contributed by atoms with Crippen LogP contribution in [0.3, 0.4) is 0 Å². The summed E-state index contributed by atoms with van der Waals surface area (Å²) in [5, 5.41) is -0.0615. The van der Waals surface area contributed by atoms with Gasteiger partial charge in [-0.3, -0.25) is 0 Å². The Morgan fingerprint density at radius 3 is 2.52 bits per heavy atom. The predicted molar refractivity (Wildman–Crippen MR) is 85.7 cm³/mol. The third-order valence-corrected chi connectivity index (χ3v) is 4.79. The van der Waals surface area contributed by atoms with Gasteiger partial charge in [-0.25, -0.2) is 9.37 Å². The van der Waals surface area contributed by atoms with Crippen molar-refractivity contribution >= 4 is 34.2 Å². The minimum atomic E-state index is -0.427. The SMILES string of the molecule is CC(Cl)c1nc2cc(F)c(Cl)cc2n1C1CCCCCC1. The van der Waals surface area contributed by atoms with E-state index in [0.29, 0.717) is 11.6 Å². The van der Waals surface area contributed by atoms with Crippen molar-refractivity contribution in [3.05, 3.63) is 28.8 Å². The maximum absolute atomic E-state index is 13.7. The summed E-state index contributed by atoms with van der Waals surface area (Å²) >= 11 is 12.3. The molecular formula is C16H19Cl2FN2. The molecule has 1 saturated carbocycles. The zero-order valence-electron chi connectivity index (χ0n) is 12.1. The molecule has 1 fully saturated rings. The second kappa shape index (κ2) is 6.13. The van der Waals surface area contributed by atoms with Gasteiger partial charge in [0.25, 0.3) is 0 Å². The molecule has 1 unspecified atom stereocenters. The first kappa shape index (κ1) is 15.1. The van der Waals surface area contributed by atoms with Crippen LogP contribution in [0, 0.1) is 5.82 Å². The molecule has 114 valence electrons. The zero-order valence-corrected chi connectivity index (χ0v) is 13.6. The molecule has 1 aliphatic carbocycles. The summed E-state index contributed by atoms with van der Waals surface area (Å²) in [6.45, 7) is 1.91. The minimum Gasteiger partial charge on any atom is -0.324 e. The molecule has 5 heteroatoms. The molecule has 0 saturated heterocycles. The lowest BCUT2D eigenvalue weighted by atomic mass is 10.1. The van der Waals surface area contributed by atoms with E-state index in [1.807, 2.05) is 6.92 Å². The average molecular weight is 329 g/mol. The number of aromatic nitrogens is 2. The zero-order chi connectivity index (χ0) is 15.0. The maximum Gasteiger partial charge on any atom is 0.144 e. The van der Waals surface area contributed by atoms with Crippen LogP contribution in [-0.2, 0) is 0 Å². The van der Waals surface area contributed by atoms with Crippen LogP contribution in [0.15, 0.2) is 12.1 Å². The van der Waals surface area contributed by atoms with Gasteiger partial charge in [0.1, 0.15) is 11.6 Å². The summed E-state index contributed by atoms with van der Waals surface area (Å²) in [6, 6.07) is 3.48. The number of imidazole rings is 1. The summed E-state index contributed by atoms with van der Waals surface area (Å²) in [6.07, 6.45) is 7.24. The van der Waals surface area contributed by atoms with Crippen LogP contribution in [0.5, 0.6) is 0 Å². The Balaban J connectivity index is 2.17. The molecule has 1 aromatic heterocycles. The highest BCUT2D eigenvalue weighted by Gasteiger charge is 2.23. The lowest BCUT2D eigenvalue weighted by molar-refractivity contribution is 0.440. The first-order valence-corrected chi connectivity index (χ1v) is 8.40. The standard InChI is InChI=1S/C16H19Cl2FN2/c1-10(17)16-20-14-9-13(19)12(18)8-15(14)21(16)11-6-4-2-3-5-7-11/h8-11H,2-7H2,1H3. The van der Waals surface area contributed by atoms with E-state index < -0.39 is 5.82 Å². The van der Waals surface area contributed by atoms with E-state index >= 15 is 0 Å². The van der Waals surface area contributed by atoms with Gasteiger partial charge in [0.05, 0.1) is 21.4 Å². The number of rotatable bonds is 2. The third kappa shape index (κ3) is 2.91. The maximum atomic E-state index is 13.7. The molecule has 1 aliphatic rings. The highest BCUT2D eigenvalue weighted by molar-refractivity contribution is 6.31. The Hall–Kier alpha value is -0.800. The van der Waals surface area contributed by atoms with Crippen molar-refractivity contribution in [2.75, 3.05) is 0 Å². The summed E-state index contributed by atoms with van der Waals surface area (Å²) in [5.74, 6) is 0.392. The number of halogens is 3. The van der Waals surface area contributed by atoms with E-state index in [-0.39, 0.29) is 10.4 Å². The lowest BCUT2D eigenvalue weighted by Gasteiger charge is -2.21. The Morgan fingerprint density at radius 2 is 1.90 bits per heavy atom. The molecule has 0 aliphatic heterocycles. The number of fused-ring (bicyclic) bond motifs is 1. The van der Waals surface area contributed by atoms with E-state index in [4.69, 9.17) is 23.2 Å². The fourth-order valence-corrected chi connectivity index (χ4v) is 3.60. The highest BCUT2D eigenvalue weighted by atomic mass is 35.5. The molecule has 1 atom stereocenters. The van der Waals surface area contributed by atoms with Crippen molar-refractivity contribution in [1.29, 1.82) is 0 Å². The first-order chi connectivity index (χ1) is 10.1. The smallest absolute Gasteiger partial charge is 0.144 e. The second-order valence-corrected chi connectivity index (χ2v) is 6.92. The summed E-state index contributed by atoms with van der Waals surface area (Å²) < 4.78 is 15.9. The minimum absolute atomic E-state index is 0.144. The molecule has 21 heavy (non-hydrogen) atoms. The number of nitrogens with zero attached hydrogens (tertiary/aromatic N) is 2. The Labute approximate surface area is 134 Å². The van der Waals surface area contributed by atoms with Gasteiger partial charge < -0.3 is 4.57 Å². The lowest BCUT2D eigenvalue weighted by Crippen LogP contribution is -2.12. The molecule has 0 bridgehead atoms. The molecule has 0 spiro atoms. The van der Waals surface area contributed by atoms with Crippen LogP contribution in [0.2, 0.25) is 5.02 Å². The normalized spacial score (nSPS) is 18.9. The van der Waals surface area contributed by atoms with Crippen LogP contribution in [-0.4, -0.2) is 9.55 Å². The topological polar surface area (TPSA) is 17.8 Å². The summed E-state index contributed by atoms with van der Waals surface area (Å²) in [5.41, 5.74) is 1.54. The quantitative estimate of drug-likeness (QED) is 0.486. The van der Waals surface area contributed by atoms with Crippen LogP contribution in [0.1, 0.15) is 62.7 Å². The molecule has 2 aromatic rings. The highest BCUT2D eigenvalue weighted by Crippen LogP contribution is 2.36. The van der Waals surface area contributed by atoms with E-state index in [1.165, 1.54) is 31.7 Å². The molecule has 0 amide bonds. The molecule has 0 radical (unpaired) electrons. The van der Waals surface area contributed by atoms with Crippen molar-refractivity contribution in [1.82, 2.24) is 9.55 Å². The number of hydrogen-bond donors (Lipinski definition) is 0. The van der Waals surface area contributed by atoms with Crippen LogP contribution in [0.25, 0.3) is 11.0 Å². The number of benzene rings is 1. The van der Waals surface area contributed by atoms with Gasteiger partial charge >= 0.3 is 0 Å². The van der Waals surface area contributed by atoms with E-state index in [2.05, 4.69) is 9.55 Å². The molecule has 0 N–H and O–H groups in total. The first-order valence-electron chi connectivity index (χ1n) is 7.59. The van der Waals surface area contributed by atoms with Crippen molar-refractivity contribution in [3.63, 3.8) is 0 Å². The fourth-order valence-electron chi connectivity index (χ4n) is 3.29. The second-order valence-electron chi connectivity index (χ2n) is 5.86. The monoisotopic (exact) mass is 328 g/mol. The number of hydrogen-bond acceptors (Lipinski definition) is 1. The summed E-state index contributed by atoms with van der Waals surface area (Å²) in [7, 11) is 0. The molecular weight excluding hydrogens is 310 g/mol. The fraction of sp³-hybridized carbons (Fsp3) is 0.562. The van der Waals surface area contributed by atoms with Gasteiger partial charge in [-0.1, -0.05) is 37.3 Å². The van der Waals surface area contributed by atoms with Gasteiger partial charge in [0.15, 0.2) is 0 Å². The van der Waals surface area contributed by atoms with Gasteiger partial charge in [-0.15, -0.1) is 11.6 Å². The molecule has 1 heterocycles. The van der Waals surface area contributed by atoms with Crippen molar-refractivity contribution in [2.24, 2.45) is 0 Å². The largest absolute Gasteiger partial charge is 0.324 e. The van der Waals surface area contributed by atoms with Gasteiger partial charge in [-0.05, 0) is 25.8 Å². The Kier molecular flexibility index (Phi) is 4.41. The molecule has 3 rings (SSSR count). The summed E-state index contributed by atoms with van der Waals surface area (Å²) in [4.78, 5) is 4.55. The van der Waals surface area contributed by atoms with Gasteiger partial charge in [-0.2, -0.15) is 0 Å². The average Bonchev–Trinajstić information content (AvgIpc) is 2.63.